The van der Waals surface area contributed by atoms with Crippen LogP contribution in [0.25, 0.3) is 10.9 Å². The molecule has 160 valence electrons. The van der Waals surface area contributed by atoms with Crippen molar-refractivity contribution >= 4 is 16.8 Å². The highest BCUT2D eigenvalue weighted by atomic mass is 16.5. The molecular formula is C25H27N3O3. The van der Waals surface area contributed by atoms with Crippen LogP contribution in [0.3, 0.4) is 0 Å². The first kappa shape index (κ1) is 19.8. The first-order valence-electron chi connectivity index (χ1n) is 10.8. The van der Waals surface area contributed by atoms with Gasteiger partial charge in [0.05, 0.1) is 11.1 Å². The van der Waals surface area contributed by atoms with Gasteiger partial charge in [-0.3, -0.25) is 9.69 Å². The molecule has 1 atom stereocenters. The van der Waals surface area contributed by atoms with E-state index in [1.807, 2.05) is 49.4 Å². The van der Waals surface area contributed by atoms with Crippen molar-refractivity contribution in [1.29, 1.82) is 0 Å². The molecule has 2 N–H and O–H groups in total. The third-order valence-electron chi connectivity index (χ3n) is 6.67. The minimum absolute atomic E-state index is 0.000864. The first-order chi connectivity index (χ1) is 14.9. The summed E-state index contributed by atoms with van der Waals surface area (Å²) in [5.74, 6) is 0.634. The summed E-state index contributed by atoms with van der Waals surface area (Å²) in [6.45, 7) is 3.70. The summed E-state index contributed by atoms with van der Waals surface area (Å²) in [6.07, 6.45) is 2.90. The predicted molar refractivity (Wildman–Crippen MR) is 119 cm³/mol. The zero-order valence-electron chi connectivity index (χ0n) is 17.9. The molecule has 2 aromatic carbocycles. The minimum Gasteiger partial charge on any atom is -0.493 e. The van der Waals surface area contributed by atoms with E-state index in [1.165, 1.54) is 0 Å². The van der Waals surface area contributed by atoms with Crippen molar-refractivity contribution in [3.8, 4) is 11.6 Å². The second kappa shape index (κ2) is 7.54. The van der Waals surface area contributed by atoms with Crippen molar-refractivity contribution in [2.75, 3.05) is 20.2 Å². The van der Waals surface area contributed by atoms with Crippen molar-refractivity contribution in [1.82, 2.24) is 15.2 Å². The molecule has 0 radical (unpaired) electrons. The van der Waals surface area contributed by atoms with E-state index in [4.69, 9.17) is 4.74 Å². The number of aromatic hydroxyl groups is 1. The number of ether oxygens (including phenoxy) is 1. The Morgan fingerprint density at radius 1 is 1.26 bits per heavy atom. The highest BCUT2D eigenvalue weighted by Gasteiger charge is 2.46. The lowest BCUT2D eigenvalue weighted by Crippen LogP contribution is -2.48. The number of nitrogens with one attached hydrogen (secondary N) is 1. The topological polar surface area (TPSA) is 74.7 Å². The van der Waals surface area contributed by atoms with Gasteiger partial charge >= 0.3 is 0 Å². The Kier molecular flexibility index (Phi) is 4.82. The number of benzene rings is 2. The molecule has 0 bridgehead atoms. The van der Waals surface area contributed by atoms with Crippen LogP contribution in [0.1, 0.15) is 40.7 Å². The Bertz CT molecular complexity index is 1160. The highest BCUT2D eigenvalue weighted by Crippen LogP contribution is 2.48. The van der Waals surface area contributed by atoms with E-state index in [1.54, 1.807) is 6.07 Å². The summed E-state index contributed by atoms with van der Waals surface area (Å²) in [6, 6.07) is 15.5. The van der Waals surface area contributed by atoms with Crippen molar-refractivity contribution in [2.24, 2.45) is 0 Å². The van der Waals surface area contributed by atoms with Gasteiger partial charge in [-0.05, 0) is 75.2 Å². The molecule has 3 aromatic rings. The molecule has 1 aromatic heterocycles. The fourth-order valence-corrected chi connectivity index (χ4v) is 4.34. The first-order valence-corrected chi connectivity index (χ1v) is 10.8. The number of carbonyl (C=O) groups is 1. The molecule has 6 heteroatoms. The van der Waals surface area contributed by atoms with E-state index in [-0.39, 0.29) is 11.8 Å². The number of pyridine rings is 1. The van der Waals surface area contributed by atoms with E-state index >= 15 is 0 Å². The molecule has 1 unspecified atom stereocenters. The molecule has 1 aliphatic carbocycles. The van der Waals surface area contributed by atoms with Crippen LogP contribution in [0.5, 0.6) is 11.6 Å². The highest BCUT2D eigenvalue weighted by molar-refractivity contribution is 5.97. The third kappa shape index (κ3) is 3.72. The molecular weight excluding hydrogens is 390 g/mol. The summed E-state index contributed by atoms with van der Waals surface area (Å²) < 4.78 is 5.97. The van der Waals surface area contributed by atoms with Crippen LogP contribution in [0.4, 0.5) is 0 Å². The van der Waals surface area contributed by atoms with Gasteiger partial charge in [-0.1, -0.05) is 18.2 Å². The van der Waals surface area contributed by atoms with Gasteiger partial charge < -0.3 is 15.2 Å². The number of hydrogen-bond acceptors (Lipinski definition) is 5. The lowest BCUT2D eigenvalue weighted by atomic mass is 9.98. The largest absolute Gasteiger partial charge is 0.493 e. The molecule has 5 rings (SSSR count). The number of likely N-dealkylation sites (tertiary alicyclic amines) is 1. The fraction of sp³-hybridized carbons (Fsp3) is 0.360. The monoisotopic (exact) mass is 417 g/mol. The molecule has 2 fully saturated rings. The third-order valence-corrected chi connectivity index (χ3v) is 6.67. The summed E-state index contributed by atoms with van der Waals surface area (Å²) >= 11 is 0. The number of rotatable bonds is 6. The molecule has 1 saturated carbocycles. The lowest BCUT2D eigenvalue weighted by molar-refractivity contribution is 0.0767. The maximum atomic E-state index is 13.3. The standard InChI is InChI=1S/C25H27N3O3/c1-16-6-7-18(31-15-17-10-13-28(17)2)14-20(16)24(30)27-25(11-12-25)21-4-3-5-22-19(21)8-9-23(29)26-22/h3-9,14,17H,10-13,15H2,1-2H3,(H,26,29)(H,27,30). The lowest BCUT2D eigenvalue weighted by Gasteiger charge is -2.37. The zero-order valence-corrected chi connectivity index (χ0v) is 17.9. The van der Waals surface area contributed by atoms with Crippen LogP contribution in [-0.4, -0.2) is 47.1 Å². The Hall–Kier alpha value is -3.12. The van der Waals surface area contributed by atoms with Gasteiger partial charge in [-0.15, -0.1) is 0 Å². The number of fused-ring (bicyclic) bond motifs is 1. The molecule has 2 aliphatic rings. The fourth-order valence-electron chi connectivity index (χ4n) is 4.34. The molecule has 1 amide bonds. The molecule has 0 spiro atoms. The Morgan fingerprint density at radius 2 is 2.10 bits per heavy atom. The van der Waals surface area contributed by atoms with Crippen molar-refractivity contribution in [3.05, 3.63) is 65.2 Å². The van der Waals surface area contributed by atoms with Gasteiger partial charge in [-0.25, -0.2) is 4.98 Å². The molecule has 6 nitrogen and oxygen atoms in total. The summed E-state index contributed by atoms with van der Waals surface area (Å²) in [5, 5.41) is 13.9. The maximum Gasteiger partial charge on any atom is 0.252 e. The maximum absolute atomic E-state index is 13.3. The van der Waals surface area contributed by atoms with Crippen LogP contribution in [0.2, 0.25) is 0 Å². The van der Waals surface area contributed by atoms with Gasteiger partial charge in [0.25, 0.3) is 5.91 Å². The van der Waals surface area contributed by atoms with Crippen LogP contribution in [-0.2, 0) is 5.54 Å². The summed E-state index contributed by atoms with van der Waals surface area (Å²) in [5.41, 5.74) is 2.94. The number of aryl methyl sites for hydroxylation is 1. The SMILES string of the molecule is Cc1ccc(OCC2CCN2C)cc1C(=O)NC1(c2cccc3nc(O)ccc23)CC1. The smallest absolute Gasteiger partial charge is 0.252 e. The van der Waals surface area contributed by atoms with Gasteiger partial charge in [0, 0.05) is 23.1 Å². The Labute approximate surface area is 181 Å². The van der Waals surface area contributed by atoms with E-state index < -0.39 is 5.54 Å². The zero-order chi connectivity index (χ0) is 21.6. The number of carbonyl (C=O) groups excluding carboxylic acids is 1. The Balaban J connectivity index is 1.37. The van der Waals surface area contributed by atoms with Crippen LogP contribution >= 0.6 is 0 Å². The number of aromatic nitrogens is 1. The quantitative estimate of drug-likeness (QED) is 0.639. The second-order valence-electron chi connectivity index (χ2n) is 8.79. The van der Waals surface area contributed by atoms with Gasteiger partial charge in [-0.2, -0.15) is 0 Å². The van der Waals surface area contributed by atoms with Crippen LogP contribution in [0.15, 0.2) is 48.5 Å². The van der Waals surface area contributed by atoms with E-state index in [0.717, 1.165) is 53.6 Å². The average Bonchev–Trinajstić information content (AvgIpc) is 3.53. The summed E-state index contributed by atoms with van der Waals surface area (Å²) in [7, 11) is 2.10. The minimum atomic E-state index is -0.396. The van der Waals surface area contributed by atoms with Crippen molar-refractivity contribution < 1.29 is 14.6 Å². The summed E-state index contributed by atoms with van der Waals surface area (Å²) in [4.78, 5) is 19.8. The molecule has 1 aliphatic heterocycles. The number of likely N-dealkylation sites (N-methyl/N-ethyl adjacent to an activating group) is 1. The van der Waals surface area contributed by atoms with E-state index in [2.05, 4.69) is 22.2 Å². The molecule has 1 saturated heterocycles. The van der Waals surface area contributed by atoms with Gasteiger partial charge in [0.15, 0.2) is 0 Å². The number of amides is 1. The van der Waals surface area contributed by atoms with Crippen molar-refractivity contribution in [2.45, 2.75) is 37.8 Å². The number of nitrogens with zero attached hydrogens (tertiary/aromatic N) is 2. The van der Waals surface area contributed by atoms with E-state index in [0.29, 0.717) is 18.2 Å². The second-order valence-corrected chi connectivity index (χ2v) is 8.79. The van der Waals surface area contributed by atoms with Crippen LogP contribution in [0, 0.1) is 6.92 Å². The normalized spacial score (nSPS) is 19.6. The van der Waals surface area contributed by atoms with Gasteiger partial charge in [0.2, 0.25) is 5.88 Å². The van der Waals surface area contributed by atoms with Gasteiger partial charge in [0.1, 0.15) is 12.4 Å². The predicted octanol–water partition coefficient (Wildman–Crippen LogP) is 3.75. The van der Waals surface area contributed by atoms with Crippen LogP contribution < -0.4 is 10.1 Å². The molecule has 2 heterocycles. The average molecular weight is 418 g/mol. The number of hydrogen-bond donors (Lipinski definition) is 2. The molecule has 31 heavy (non-hydrogen) atoms. The van der Waals surface area contributed by atoms with Crippen molar-refractivity contribution in [3.63, 3.8) is 0 Å². The van der Waals surface area contributed by atoms with E-state index in [9.17, 15) is 9.90 Å². The Morgan fingerprint density at radius 3 is 2.81 bits per heavy atom.